The zero-order valence-corrected chi connectivity index (χ0v) is 18.0. The smallest absolute Gasteiger partial charge is 0.228 e. The maximum Gasteiger partial charge on any atom is 0.228 e. The fourth-order valence-electron chi connectivity index (χ4n) is 5.19. The summed E-state index contributed by atoms with van der Waals surface area (Å²) >= 11 is 3.42. The fraction of sp³-hybridized carbons (Fsp3) is 0.545. The van der Waals surface area contributed by atoms with Gasteiger partial charge in [-0.1, -0.05) is 28.1 Å². The largest absolute Gasteiger partial charge is 0.356 e. The van der Waals surface area contributed by atoms with E-state index in [2.05, 4.69) is 43.6 Å². The summed E-state index contributed by atoms with van der Waals surface area (Å²) in [6.45, 7) is 1.59. The minimum atomic E-state index is -0.282. The van der Waals surface area contributed by atoms with Gasteiger partial charge >= 0.3 is 0 Å². The Balaban J connectivity index is 1.47. The second-order valence-corrected chi connectivity index (χ2v) is 9.58. The first-order chi connectivity index (χ1) is 13.4. The molecule has 0 aliphatic heterocycles. The van der Waals surface area contributed by atoms with Crippen LogP contribution in [0.1, 0.15) is 19.3 Å². The summed E-state index contributed by atoms with van der Waals surface area (Å²) in [6, 6.07) is 7.59. The topological polar surface area (TPSA) is 61.4 Å². The minimum Gasteiger partial charge on any atom is -0.356 e. The van der Waals surface area contributed by atoms with Gasteiger partial charge in [0.25, 0.3) is 0 Å². The normalized spacial score (nSPS) is 28.7. The third kappa shape index (κ3) is 3.52. The lowest BCUT2D eigenvalue weighted by Crippen LogP contribution is -2.42. The minimum absolute atomic E-state index is 0.0288. The number of carbonyl (C=O) groups excluding carboxylic acids is 2. The molecule has 28 heavy (non-hydrogen) atoms. The molecular formula is C22H28BrN3O2. The van der Waals surface area contributed by atoms with Gasteiger partial charge < -0.3 is 15.5 Å². The van der Waals surface area contributed by atoms with Crippen molar-refractivity contribution in [3.63, 3.8) is 0 Å². The van der Waals surface area contributed by atoms with E-state index in [1.165, 1.54) is 0 Å². The third-order valence-corrected chi connectivity index (χ3v) is 7.17. The number of hydrogen-bond donors (Lipinski definition) is 2. The van der Waals surface area contributed by atoms with Crippen molar-refractivity contribution in [3.05, 3.63) is 40.9 Å². The van der Waals surface area contributed by atoms with Gasteiger partial charge in [-0.05, 0) is 81.4 Å². The van der Waals surface area contributed by atoms with E-state index in [4.69, 9.17) is 0 Å². The average Bonchev–Trinajstić information content (AvgIpc) is 3.33. The summed E-state index contributed by atoms with van der Waals surface area (Å²) < 4.78 is 0.972. The maximum atomic E-state index is 13.2. The van der Waals surface area contributed by atoms with Gasteiger partial charge in [-0.25, -0.2) is 0 Å². The monoisotopic (exact) mass is 445 g/mol. The zero-order valence-electron chi connectivity index (χ0n) is 16.5. The van der Waals surface area contributed by atoms with Crippen LogP contribution in [-0.4, -0.2) is 43.9 Å². The maximum absolute atomic E-state index is 13.2. The number of benzene rings is 1. The van der Waals surface area contributed by atoms with Crippen molar-refractivity contribution in [2.24, 2.45) is 29.1 Å². The number of hydrogen-bond acceptors (Lipinski definition) is 3. The van der Waals surface area contributed by atoms with Crippen LogP contribution < -0.4 is 10.6 Å². The zero-order chi connectivity index (χ0) is 19.9. The summed E-state index contributed by atoms with van der Waals surface area (Å²) in [5.41, 5.74) is 0.933. The van der Waals surface area contributed by atoms with Crippen LogP contribution in [0, 0.1) is 29.1 Å². The highest BCUT2D eigenvalue weighted by Gasteiger charge is 2.69. The van der Waals surface area contributed by atoms with Crippen molar-refractivity contribution in [2.75, 3.05) is 32.5 Å². The number of anilines is 1. The van der Waals surface area contributed by atoms with E-state index >= 15 is 0 Å². The number of halogens is 1. The standard InChI is InChI=1S/C22H28BrN3O2/c1-26(2)13-3-12-24-20(27)18-16-8-9-17(22(16)10-11-22)19(18)21(28)25-15-6-4-14(23)5-7-15/h4-9,16-19H,3,10-13H2,1-2H3,(H,24,27)(H,25,28)/t16-,17+,18-,19-/m1/s1. The summed E-state index contributed by atoms with van der Waals surface area (Å²) in [5, 5.41) is 6.15. The second kappa shape index (κ2) is 7.64. The molecule has 5 nitrogen and oxygen atoms in total. The van der Waals surface area contributed by atoms with E-state index in [-0.39, 0.29) is 40.9 Å². The molecule has 2 bridgehead atoms. The van der Waals surface area contributed by atoms with Crippen LogP contribution in [0.2, 0.25) is 0 Å². The van der Waals surface area contributed by atoms with Gasteiger partial charge in [-0.15, -0.1) is 0 Å². The Morgan fingerprint density at radius 1 is 1.07 bits per heavy atom. The van der Waals surface area contributed by atoms with Crippen LogP contribution in [0.4, 0.5) is 5.69 Å². The Morgan fingerprint density at radius 2 is 1.68 bits per heavy atom. The van der Waals surface area contributed by atoms with E-state index < -0.39 is 0 Å². The first-order valence-electron chi connectivity index (χ1n) is 10.1. The molecule has 0 saturated heterocycles. The van der Waals surface area contributed by atoms with E-state index in [0.29, 0.717) is 6.54 Å². The molecule has 6 heteroatoms. The van der Waals surface area contributed by atoms with Gasteiger partial charge in [0.15, 0.2) is 0 Å². The van der Waals surface area contributed by atoms with Crippen molar-refractivity contribution in [1.82, 2.24) is 10.2 Å². The van der Waals surface area contributed by atoms with Crippen LogP contribution in [0.25, 0.3) is 0 Å². The second-order valence-electron chi connectivity index (χ2n) is 8.67. The van der Waals surface area contributed by atoms with Crippen molar-refractivity contribution in [1.29, 1.82) is 0 Å². The van der Waals surface area contributed by atoms with Crippen LogP contribution in [0.15, 0.2) is 40.9 Å². The third-order valence-electron chi connectivity index (χ3n) is 6.64. The first kappa shape index (κ1) is 19.6. The van der Waals surface area contributed by atoms with E-state index in [1.807, 2.05) is 38.4 Å². The highest BCUT2D eigenvalue weighted by Crippen LogP contribution is 2.72. The van der Waals surface area contributed by atoms with E-state index in [0.717, 1.165) is 36.0 Å². The summed E-state index contributed by atoms with van der Waals surface area (Å²) in [7, 11) is 4.06. The average molecular weight is 446 g/mol. The molecule has 2 fully saturated rings. The number of nitrogens with zero attached hydrogens (tertiary/aromatic N) is 1. The van der Waals surface area contributed by atoms with Crippen LogP contribution in [0.3, 0.4) is 0 Å². The number of carbonyl (C=O) groups is 2. The highest BCUT2D eigenvalue weighted by molar-refractivity contribution is 9.10. The van der Waals surface area contributed by atoms with Crippen molar-refractivity contribution >= 4 is 33.4 Å². The fourth-order valence-corrected chi connectivity index (χ4v) is 5.46. The SMILES string of the molecule is CN(C)CCCNC(=O)[C@H]1[C@H](C(=O)Nc2ccc(Br)cc2)[C@@H]2C=C[C@H]1C21CC1. The van der Waals surface area contributed by atoms with Crippen LogP contribution in [-0.2, 0) is 9.59 Å². The number of allylic oxidation sites excluding steroid dienone is 2. The van der Waals surface area contributed by atoms with Crippen LogP contribution in [0.5, 0.6) is 0 Å². The molecule has 0 aromatic heterocycles. The van der Waals surface area contributed by atoms with Crippen molar-refractivity contribution in [3.8, 4) is 0 Å². The van der Waals surface area contributed by atoms with Gasteiger partial charge in [0.1, 0.15) is 0 Å². The summed E-state index contributed by atoms with van der Waals surface area (Å²) in [4.78, 5) is 28.4. The molecule has 0 heterocycles. The number of amides is 2. The van der Waals surface area contributed by atoms with Gasteiger partial charge in [-0.2, -0.15) is 0 Å². The Bertz CT molecular complexity index is 785. The molecular weight excluding hydrogens is 418 g/mol. The highest BCUT2D eigenvalue weighted by atomic mass is 79.9. The summed E-state index contributed by atoms with van der Waals surface area (Å²) in [5.74, 6) is -0.142. The molecule has 0 radical (unpaired) electrons. The summed E-state index contributed by atoms with van der Waals surface area (Å²) in [6.07, 6.45) is 7.56. The van der Waals surface area contributed by atoms with Crippen molar-refractivity contribution < 1.29 is 9.59 Å². The lowest BCUT2D eigenvalue weighted by molar-refractivity contribution is -0.132. The quantitative estimate of drug-likeness (QED) is 0.499. The molecule has 150 valence electrons. The predicted molar refractivity (Wildman–Crippen MR) is 114 cm³/mol. The molecule has 3 aliphatic carbocycles. The number of rotatable bonds is 7. The van der Waals surface area contributed by atoms with Crippen LogP contribution >= 0.6 is 15.9 Å². The molecule has 0 unspecified atom stereocenters. The van der Waals surface area contributed by atoms with Gasteiger partial charge in [0.2, 0.25) is 11.8 Å². The van der Waals surface area contributed by atoms with Gasteiger partial charge in [0.05, 0.1) is 11.8 Å². The molecule has 4 rings (SSSR count). The lowest BCUT2D eigenvalue weighted by atomic mass is 9.81. The Labute approximate surface area is 175 Å². The molecule has 1 aromatic carbocycles. The van der Waals surface area contributed by atoms with Gasteiger partial charge in [-0.3, -0.25) is 9.59 Å². The molecule has 4 atom stereocenters. The van der Waals surface area contributed by atoms with E-state index in [9.17, 15) is 9.59 Å². The Morgan fingerprint density at radius 3 is 2.25 bits per heavy atom. The molecule has 3 aliphatic rings. The Kier molecular flexibility index (Phi) is 5.36. The first-order valence-corrected chi connectivity index (χ1v) is 10.9. The molecule has 2 amide bonds. The van der Waals surface area contributed by atoms with Crippen molar-refractivity contribution in [2.45, 2.75) is 19.3 Å². The molecule has 1 spiro atoms. The van der Waals surface area contributed by atoms with Gasteiger partial charge in [0, 0.05) is 16.7 Å². The van der Waals surface area contributed by atoms with E-state index in [1.54, 1.807) is 0 Å². The lowest BCUT2D eigenvalue weighted by Gasteiger charge is -2.26. The molecule has 1 aromatic rings. The predicted octanol–water partition coefficient (Wildman–Crippen LogP) is 3.28. The molecule has 2 N–H and O–H groups in total. The number of nitrogens with one attached hydrogen (secondary N) is 2. The Hall–Kier alpha value is -1.66. The molecule has 2 saturated carbocycles.